The lowest BCUT2D eigenvalue weighted by Crippen LogP contribution is -2.30. The van der Waals surface area contributed by atoms with Crippen molar-refractivity contribution in [1.82, 2.24) is 0 Å². The second-order valence-electron chi connectivity index (χ2n) is 12.6. The van der Waals surface area contributed by atoms with Crippen LogP contribution in [0.3, 0.4) is 0 Å². The number of anilines is 1. The number of amides is 1. The van der Waals surface area contributed by atoms with Gasteiger partial charge in [0.25, 0.3) is 16.0 Å². The Labute approximate surface area is 291 Å². The van der Waals surface area contributed by atoms with E-state index in [-0.39, 0.29) is 17.2 Å². The number of hydrogen-bond donors (Lipinski definition) is 2. The number of phenolic OH excluding ortho intramolecular Hbond substituents is 1. The van der Waals surface area contributed by atoms with Gasteiger partial charge in [0.1, 0.15) is 22.1 Å². The van der Waals surface area contributed by atoms with Gasteiger partial charge in [-0.1, -0.05) is 121 Å². The first-order valence-electron chi connectivity index (χ1n) is 17.7. The van der Waals surface area contributed by atoms with Crippen LogP contribution in [0.15, 0.2) is 93.0 Å². The molecule has 3 aromatic rings. The standard InChI is InChI=1S/C38H50N4O6S/c1-2-3-4-5-6-7-8-9-10-11-12-13-14-15-19-25-34-37(40-39-30-21-20-22-32(43)28-30)38(44)42(41-34)31-26-27-35(36(29-31)49(45,46)47)48-33-23-17-16-18-24-33/h16-18,20-24,26-29,37,43H,2-15,19,25H2,1H3,(H,45,46,47)/t37-/m0/s1. The lowest BCUT2D eigenvalue weighted by molar-refractivity contribution is -0.117. The van der Waals surface area contributed by atoms with Crippen LogP contribution in [0.5, 0.6) is 17.2 Å². The largest absolute Gasteiger partial charge is 0.508 e. The van der Waals surface area contributed by atoms with Crippen LogP contribution in [-0.4, -0.2) is 35.7 Å². The molecule has 3 aromatic carbocycles. The van der Waals surface area contributed by atoms with Gasteiger partial charge in [0.15, 0.2) is 6.04 Å². The minimum atomic E-state index is -4.72. The zero-order valence-corrected chi connectivity index (χ0v) is 29.4. The summed E-state index contributed by atoms with van der Waals surface area (Å²) in [6.07, 6.45) is 19.2. The highest BCUT2D eigenvalue weighted by Gasteiger charge is 2.37. The summed E-state index contributed by atoms with van der Waals surface area (Å²) in [6, 6.07) is 17.9. The van der Waals surface area contributed by atoms with Gasteiger partial charge in [0, 0.05) is 6.07 Å². The number of carbonyl (C=O) groups is 1. The molecule has 0 fully saturated rings. The third-order valence-corrected chi connectivity index (χ3v) is 9.44. The maximum atomic E-state index is 13.7. The van der Waals surface area contributed by atoms with E-state index in [1.807, 2.05) is 0 Å². The fraction of sp³-hybridized carbons (Fsp3) is 0.474. The highest BCUT2D eigenvalue weighted by Crippen LogP contribution is 2.34. The van der Waals surface area contributed by atoms with E-state index < -0.39 is 27.0 Å². The van der Waals surface area contributed by atoms with Crippen molar-refractivity contribution >= 4 is 33.1 Å². The summed E-state index contributed by atoms with van der Waals surface area (Å²) >= 11 is 0. The van der Waals surface area contributed by atoms with Crippen LogP contribution in [0.25, 0.3) is 0 Å². The second kappa shape index (κ2) is 19.8. The number of hydrogen-bond acceptors (Lipinski definition) is 8. The highest BCUT2D eigenvalue weighted by atomic mass is 32.2. The Kier molecular flexibility index (Phi) is 15.2. The van der Waals surface area contributed by atoms with E-state index in [2.05, 4.69) is 22.3 Å². The average Bonchev–Trinajstić information content (AvgIpc) is 3.40. The molecule has 0 radical (unpaired) electrons. The summed E-state index contributed by atoms with van der Waals surface area (Å²) in [7, 11) is -4.72. The number of phenols is 1. The summed E-state index contributed by atoms with van der Waals surface area (Å²) in [5.41, 5.74) is 1.04. The molecule has 1 heterocycles. The molecule has 0 saturated carbocycles. The van der Waals surface area contributed by atoms with E-state index in [1.54, 1.807) is 42.5 Å². The molecular formula is C38H50N4O6S. The van der Waals surface area contributed by atoms with Gasteiger partial charge in [0.2, 0.25) is 0 Å². The number of azo groups is 1. The molecule has 2 N–H and O–H groups in total. The van der Waals surface area contributed by atoms with Crippen LogP contribution >= 0.6 is 0 Å². The fourth-order valence-electron chi connectivity index (χ4n) is 5.87. The molecule has 11 heteroatoms. The van der Waals surface area contributed by atoms with E-state index in [0.29, 0.717) is 23.6 Å². The number of unbranched alkanes of at least 4 members (excludes halogenated alkanes) is 14. The molecule has 10 nitrogen and oxygen atoms in total. The van der Waals surface area contributed by atoms with Gasteiger partial charge >= 0.3 is 0 Å². The Morgan fingerprint density at radius 2 is 1.39 bits per heavy atom. The molecular weight excluding hydrogens is 641 g/mol. The van der Waals surface area contributed by atoms with Gasteiger partial charge in [-0.3, -0.25) is 9.35 Å². The molecule has 0 aliphatic carbocycles. The Morgan fingerprint density at radius 3 is 1.98 bits per heavy atom. The van der Waals surface area contributed by atoms with Crippen LogP contribution in [0, 0.1) is 0 Å². The molecule has 1 aliphatic rings. The first-order chi connectivity index (χ1) is 23.8. The van der Waals surface area contributed by atoms with Crippen molar-refractivity contribution < 1.29 is 27.6 Å². The van der Waals surface area contributed by atoms with Crippen LogP contribution in [0.1, 0.15) is 110 Å². The first-order valence-corrected chi connectivity index (χ1v) is 19.2. The fourth-order valence-corrected chi connectivity index (χ4v) is 6.50. The number of carbonyl (C=O) groups excluding carboxylic acids is 1. The second-order valence-corrected chi connectivity index (χ2v) is 14.0. The number of benzene rings is 3. The molecule has 49 heavy (non-hydrogen) atoms. The molecule has 0 bridgehead atoms. The number of nitrogens with zero attached hydrogens (tertiary/aromatic N) is 4. The predicted molar refractivity (Wildman–Crippen MR) is 194 cm³/mol. The lowest BCUT2D eigenvalue weighted by Gasteiger charge is -2.15. The zero-order chi connectivity index (χ0) is 34.9. The van der Waals surface area contributed by atoms with Crippen LogP contribution in [0.4, 0.5) is 11.4 Å². The monoisotopic (exact) mass is 690 g/mol. The Morgan fingerprint density at radius 1 is 0.776 bits per heavy atom. The van der Waals surface area contributed by atoms with Crippen LogP contribution in [0.2, 0.25) is 0 Å². The van der Waals surface area contributed by atoms with E-state index in [0.717, 1.165) is 30.3 Å². The molecule has 264 valence electrons. The highest BCUT2D eigenvalue weighted by molar-refractivity contribution is 7.86. The molecule has 0 saturated heterocycles. The first kappa shape index (κ1) is 37.7. The SMILES string of the molecule is CCCCCCCCCCCCCCCCCC1=NN(c2ccc(Oc3ccccc3)c(S(=O)(=O)O)c2)C(=O)[C@H]1N=Nc1cccc(O)c1. The van der Waals surface area contributed by atoms with Crippen LogP contribution in [-0.2, 0) is 14.9 Å². The summed E-state index contributed by atoms with van der Waals surface area (Å²) in [5, 5.41) is 24.0. The number of rotatable bonds is 22. The van der Waals surface area contributed by atoms with Crippen molar-refractivity contribution in [2.24, 2.45) is 15.3 Å². The van der Waals surface area contributed by atoms with Crippen molar-refractivity contribution in [3.8, 4) is 17.2 Å². The van der Waals surface area contributed by atoms with E-state index in [9.17, 15) is 22.9 Å². The number of para-hydroxylation sites is 1. The lowest BCUT2D eigenvalue weighted by atomic mass is 10.0. The van der Waals surface area contributed by atoms with Gasteiger partial charge in [-0.15, -0.1) is 0 Å². The summed E-state index contributed by atoms with van der Waals surface area (Å²) in [4.78, 5) is 13.2. The molecule has 0 aromatic heterocycles. The Bertz CT molecular complexity index is 1640. The minimum Gasteiger partial charge on any atom is -0.508 e. The third-order valence-electron chi connectivity index (χ3n) is 8.56. The molecule has 0 spiro atoms. The maximum absolute atomic E-state index is 13.7. The molecule has 0 unspecified atom stereocenters. The molecule has 1 atom stereocenters. The third kappa shape index (κ3) is 12.4. The van der Waals surface area contributed by atoms with Gasteiger partial charge in [0.05, 0.1) is 17.1 Å². The van der Waals surface area contributed by atoms with Crippen molar-refractivity contribution in [3.63, 3.8) is 0 Å². The Balaban J connectivity index is 1.36. The Hall–Kier alpha value is -4.09. The summed E-state index contributed by atoms with van der Waals surface area (Å²) < 4.78 is 40.5. The van der Waals surface area contributed by atoms with Crippen LogP contribution < -0.4 is 9.75 Å². The quantitative estimate of drug-likeness (QED) is 0.0610. The van der Waals surface area contributed by atoms with E-state index in [1.165, 1.54) is 101 Å². The predicted octanol–water partition coefficient (Wildman–Crippen LogP) is 10.5. The minimum absolute atomic E-state index is 0.0260. The van der Waals surface area contributed by atoms with Crippen molar-refractivity contribution in [2.45, 2.75) is 121 Å². The van der Waals surface area contributed by atoms with Gasteiger partial charge in [-0.2, -0.15) is 28.8 Å². The smallest absolute Gasteiger partial charge is 0.298 e. The normalized spacial score (nSPS) is 14.9. The molecule has 4 rings (SSSR count). The number of hydrazone groups is 1. The van der Waals surface area contributed by atoms with Crippen molar-refractivity contribution in [1.29, 1.82) is 0 Å². The topological polar surface area (TPSA) is 141 Å². The summed E-state index contributed by atoms with van der Waals surface area (Å²) in [6.45, 7) is 2.25. The van der Waals surface area contributed by atoms with Gasteiger partial charge < -0.3 is 9.84 Å². The zero-order valence-electron chi connectivity index (χ0n) is 28.5. The van der Waals surface area contributed by atoms with Crippen molar-refractivity contribution in [2.75, 3.05) is 5.01 Å². The van der Waals surface area contributed by atoms with E-state index in [4.69, 9.17) is 4.74 Å². The van der Waals surface area contributed by atoms with E-state index >= 15 is 0 Å². The number of ether oxygens (including phenoxy) is 1. The molecule has 1 aliphatic heterocycles. The van der Waals surface area contributed by atoms with Gasteiger partial charge in [-0.25, -0.2) is 0 Å². The summed E-state index contributed by atoms with van der Waals surface area (Å²) in [5.74, 6) is -0.184. The average molecular weight is 691 g/mol. The molecule has 1 amide bonds. The van der Waals surface area contributed by atoms with Gasteiger partial charge in [-0.05, 0) is 55.3 Å². The maximum Gasteiger partial charge on any atom is 0.298 e. The number of aromatic hydroxyl groups is 1. The van der Waals surface area contributed by atoms with Crippen molar-refractivity contribution in [3.05, 3.63) is 72.8 Å².